The molecule has 1 aliphatic rings. The van der Waals surface area contributed by atoms with E-state index < -0.39 is 6.09 Å². The third-order valence-electron chi connectivity index (χ3n) is 3.92. The lowest BCUT2D eigenvalue weighted by molar-refractivity contribution is 0.0853. The molecule has 1 atom stereocenters. The second kappa shape index (κ2) is 9.47. The molecule has 1 aliphatic heterocycles. The highest BCUT2D eigenvalue weighted by Crippen LogP contribution is 2.19. The number of methoxy groups -OCH3 is 1. The lowest BCUT2D eigenvalue weighted by Crippen LogP contribution is -2.38. The van der Waals surface area contributed by atoms with Gasteiger partial charge in [-0.25, -0.2) is 9.18 Å². The molecule has 0 saturated carbocycles. The van der Waals surface area contributed by atoms with Crippen molar-refractivity contribution in [3.8, 4) is 0 Å². The third-order valence-corrected chi connectivity index (χ3v) is 3.92. The van der Waals surface area contributed by atoms with Crippen LogP contribution in [0.3, 0.4) is 0 Å². The van der Waals surface area contributed by atoms with Gasteiger partial charge in [0.15, 0.2) is 0 Å². The monoisotopic (exact) mass is 324 g/mol. The van der Waals surface area contributed by atoms with Crippen LogP contribution in [0.5, 0.6) is 0 Å². The van der Waals surface area contributed by atoms with E-state index in [2.05, 4.69) is 10.2 Å². The van der Waals surface area contributed by atoms with Crippen molar-refractivity contribution >= 4 is 6.09 Å². The zero-order valence-corrected chi connectivity index (χ0v) is 13.6. The fourth-order valence-corrected chi connectivity index (χ4v) is 2.82. The molecule has 0 aromatic heterocycles. The van der Waals surface area contributed by atoms with Gasteiger partial charge < -0.3 is 14.8 Å². The van der Waals surface area contributed by atoms with Gasteiger partial charge in [0.1, 0.15) is 5.82 Å². The molecule has 0 aliphatic carbocycles. The number of ether oxygens (including phenoxy) is 2. The molecule has 1 aromatic rings. The molecule has 0 radical (unpaired) electrons. The van der Waals surface area contributed by atoms with Crippen LogP contribution in [0.1, 0.15) is 18.4 Å². The van der Waals surface area contributed by atoms with E-state index in [1.165, 1.54) is 6.07 Å². The van der Waals surface area contributed by atoms with E-state index in [-0.39, 0.29) is 5.82 Å². The molecule has 1 unspecified atom stereocenters. The number of nitrogens with one attached hydrogen (secondary N) is 1. The van der Waals surface area contributed by atoms with Crippen molar-refractivity contribution in [1.82, 2.24) is 10.2 Å². The first kappa shape index (κ1) is 17.7. The Balaban J connectivity index is 1.72. The first-order valence-electron chi connectivity index (χ1n) is 8.03. The Morgan fingerprint density at radius 1 is 1.48 bits per heavy atom. The minimum absolute atomic E-state index is 0.202. The summed E-state index contributed by atoms with van der Waals surface area (Å²) in [5, 5.41) is 2.64. The van der Waals surface area contributed by atoms with Crippen LogP contribution in [0.15, 0.2) is 24.3 Å². The number of likely N-dealkylation sites (tertiary alicyclic amines) is 1. The van der Waals surface area contributed by atoms with Crippen molar-refractivity contribution in [2.24, 2.45) is 5.92 Å². The Labute approximate surface area is 136 Å². The number of carbonyl (C=O) groups is 1. The smallest absolute Gasteiger partial charge is 0.407 e. The van der Waals surface area contributed by atoms with E-state index in [9.17, 15) is 9.18 Å². The van der Waals surface area contributed by atoms with Crippen LogP contribution in [-0.4, -0.2) is 51.0 Å². The van der Waals surface area contributed by atoms with Gasteiger partial charge in [0, 0.05) is 32.7 Å². The quantitative estimate of drug-likeness (QED) is 0.783. The number of benzene rings is 1. The first-order valence-corrected chi connectivity index (χ1v) is 8.03. The van der Waals surface area contributed by atoms with Crippen molar-refractivity contribution in [3.63, 3.8) is 0 Å². The Bertz CT molecular complexity index is 498. The highest BCUT2D eigenvalue weighted by Gasteiger charge is 2.21. The molecule has 0 bridgehead atoms. The number of amides is 1. The van der Waals surface area contributed by atoms with Gasteiger partial charge in [0.05, 0.1) is 13.2 Å². The highest BCUT2D eigenvalue weighted by molar-refractivity contribution is 5.67. The Morgan fingerprint density at radius 3 is 3.13 bits per heavy atom. The minimum atomic E-state index is -0.399. The van der Waals surface area contributed by atoms with Crippen molar-refractivity contribution in [2.45, 2.75) is 19.4 Å². The number of halogens is 1. The molecule has 1 fully saturated rings. The van der Waals surface area contributed by atoms with Crippen LogP contribution >= 0.6 is 0 Å². The van der Waals surface area contributed by atoms with E-state index in [0.29, 0.717) is 25.7 Å². The molecule has 1 N–H and O–H groups in total. The number of rotatable bonds is 7. The van der Waals surface area contributed by atoms with E-state index in [4.69, 9.17) is 9.47 Å². The zero-order chi connectivity index (χ0) is 16.5. The first-order chi connectivity index (χ1) is 11.2. The SMILES string of the molecule is COCCNC(=O)OCC1CCCN(Cc2cccc(F)c2)C1. The van der Waals surface area contributed by atoms with Gasteiger partial charge in [-0.1, -0.05) is 12.1 Å². The maximum Gasteiger partial charge on any atom is 0.407 e. The standard InChI is InChI=1S/C17H25FN2O3/c1-22-9-7-19-17(21)23-13-15-5-3-8-20(12-15)11-14-4-2-6-16(18)10-14/h2,4,6,10,15H,3,5,7-9,11-13H2,1H3,(H,19,21). The number of hydrogen-bond donors (Lipinski definition) is 1. The van der Waals surface area contributed by atoms with Crippen LogP contribution in [-0.2, 0) is 16.0 Å². The highest BCUT2D eigenvalue weighted by atomic mass is 19.1. The van der Waals surface area contributed by atoms with Crippen molar-refractivity contribution in [2.75, 3.05) is 40.0 Å². The summed E-state index contributed by atoms with van der Waals surface area (Å²) in [7, 11) is 1.59. The predicted octanol–water partition coefficient (Wildman–Crippen LogP) is 2.41. The summed E-state index contributed by atoms with van der Waals surface area (Å²) in [6.45, 7) is 3.92. The molecule has 0 spiro atoms. The summed E-state index contributed by atoms with van der Waals surface area (Å²) < 4.78 is 23.4. The van der Waals surface area contributed by atoms with Gasteiger partial charge in [-0.3, -0.25) is 4.90 Å². The third kappa shape index (κ3) is 6.54. The lowest BCUT2D eigenvalue weighted by Gasteiger charge is -2.32. The minimum Gasteiger partial charge on any atom is -0.449 e. The maximum absolute atomic E-state index is 13.2. The Kier molecular flexibility index (Phi) is 7.29. The van der Waals surface area contributed by atoms with Crippen LogP contribution in [0.2, 0.25) is 0 Å². The Morgan fingerprint density at radius 2 is 2.35 bits per heavy atom. The molecular weight excluding hydrogens is 299 g/mol. The summed E-state index contributed by atoms with van der Waals surface area (Å²) in [6.07, 6.45) is 1.71. The lowest BCUT2D eigenvalue weighted by atomic mass is 9.98. The fourth-order valence-electron chi connectivity index (χ4n) is 2.82. The normalized spacial score (nSPS) is 18.6. The maximum atomic E-state index is 13.2. The van der Waals surface area contributed by atoms with E-state index >= 15 is 0 Å². The van der Waals surface area contributed by atoms with Crippen molar-refractivity contribution < 1.29 is 18.7 Å². The molecule has 2 rings (SSSR count). The average molecular weight is 324 g/mol. The predicted molar refractivity (Wildman–Crippen MR) is 85.6 cm³/mol. The van der Waals surface area contributed by atoms with Crippen molar-refractivity contribution in [1.29, 1.82) is 0 Å². The summed E-state index contributed by atoms with van der Waals surface area (Å²) in [5.74, 6) is 0.123. The zero-order valence-electron chi connectivity index (χ0n) is 13.6. The number of nitrogens with zero attached hydrogens (tertiary/aromatic N) is 1. The largest absolute Gasteiger partial charge is 0.449 e. The Hall–Kier alpha value is -1.66. The summed E-state index contributed by atoms with van der Waals surface area (Å²) in [4.78, 5) is 13.8. The molecule has 1 heterocycles. The number of alkyl carbamates (subject to hydrolysis) is 1. The molecule has 6 heteroatoms. The van der Waals surface area contributed by atoms with Gasteiger partial charge in [-0.05, 0) is 37.1 Å². The molecule has 1 amide bonds. The summed E-state index contributed by atoms with van der Waals surface area (Å²) >= 11 is 0. The molecule has 128 valence electrons. The van der Waals surface area contributed by atoms with Gasteiger partial charge in [0.25, 0.3) is 0 Å². The molecule has 1 saturated heterocycles. The van der Waals surface area contributed by atoms with Crippen LogP contribution in [0.25, 0.3) is 0 Å². The van der Waals surface area contributed by atoms with Gasteiger partial charge in [-0.15, -0.1) is 0 Å². The van der Waals surface area contributed by atoms with Crippen LogP contribution in [0, 0.1) is 11.7 Å². The molecule has 5 nitrogen and oxygen atoms in total. The molecule has 23 heavy (non-hydrogen) atoms. The average Bonchev–Trinajstić information content (AvgIpc) is 2.54. The van der Waals surface area contributed by atoms with Crippen LogP contribution < -0.4 is 5.32 Å². The number of piperidine rings is 1. The molecule has 1 aromatic carbocycles. The van der Waals surface area contributed by atoms with Gasteiger partial charge >= 0.3 is 6.09 Å². The second-order valence-electron chi connectivity index (χ2n) is 5.89. The van der Waals surface area contributed by atoms with E-state index in [1.54, 1.807) is 19.2 Å². The second-order valence-corrected chi connectivity index (χ2v) is 5.89. The fraction of sp³-hybridized carbons (Fsp3) is 0.588. The van der Waals surface area contributed by atoms with Gasteiger partial charge in [0.2, 0.25) is 0 Å². The van der Waals surface area contributed by atoms with E-state index in [0.717, 1.165) is 38.0 Å². The van der Waals surface area contributed by atoms with Crippen molar-refractivity contribution in [3.05, 3.63) is 35.6 Å². The molecular formula is C17H25FN2O3. The van der Waals surface area contributed by atoms with Crippen LogP contribution in [0.4, 0.5) is 9.18 Å². The number of hydrogen-bond acceptors (Lipinski definition) is 4. The topological polar surface area (TPSA) is 50.8 Å². The summed E-state index contributed by atoms with van der Waals surface area (Å²) in [6, 6.07) is 6.70. The number of carbonyl (C=O) groups excluding carboxylic acids is 1. The summed E-state index contributed by atoms with van der Waals surface area (Å²) in [5.41, 5.74) is 0.976. The van der Waals surface area contributed by atoms with Gasteiger partial charge in [-0.2, -0.15) is 0 Å². The van der Waals surface area contributed by atoms with E-state index in [1.807, 2.05) is 6.07 Å².